The van der Waals surface area contributed by atoms with E-state index in [-0.39, 0.29) is 0 Å². The van der Waals surface area contributed by atoms with Crippen LogP contribution in [0.3, 0.4) is 0 Å². The maximum Gasteiger partial charge on any atom is 0.109 e. The van der Waals surface area contributed by atoms with E-state index in [1.165, 1.54) is 35.1 Å². The zero-order valence-corrected chi connectivity index (χ0v) is 10.6. The van der Waals surface area contributed by atoms with E-state index in [0.717, 1.165) is 19.5 Å². The van der Waals surface area contributed by atoms with Gasteiger partial charge in [-0.25, -0.2) is 0 Å². The Morgan fingerprint density at radius 3 is 2.87 bits per heavy atom. The van der Waals surface area contributed by atoms with Gasteiger partial charge in [0, 0.05) is 25.1 Å². The molecule has 3 rings (SSSR count). The number of hydrogen-bond acceptors (Lipinski definition) is 2. The summed E-state index contributed by atoms with van der Waals surface area (Å²) in [6.07, 6.45) is 5.07. The highest BCUT2D eigenvalue weighted by Gasteiger charge is 2.27. The van der Waals surface area contributed by atoms with Gasteiger partial charge in [0.2, 0.25) is 0 Å². The minimum Gasteiger partial charge on any atom is -0.302 e. The van der Waals surface area contributed by atoms with Crippen LogP contribution in [0.25, 0.3) is 0 Å². The Morgan fingerprint density at radius 1 is 1.40 bits per heavy atom. The molecule has 0 atom stereocenters. The normalized spacial score (nSPS) is 22.5. The Labute approximate surface area is 98.6 Å². The minimum atomic E-state index is 0.662. The highest BCUT2D eigenvalue weighted by molar-refractivity contribution is 9.10. The van der Waals surface area contributed by atoms with Crippen LogP contribution in [0.5, 0.6) is 0 Å². The van der Waals surface area contributed by atoms with E-state index in [1.54, 1.807) is 0 Å². The summed E-state index contributed by atoms with van der Waals surface area (Å²) >= 11 is 3.71. The van der Waals surface area contributed by atoms with Crippen molar-refractivity contribution in [2.24, 2.45) is 0 Å². The van der Waals surface area contributed by atoms with Crippen LogP contribution < -0.4 is 0 Å². The zero-order chi connectivity index (χ0) is 10.4. The molecule has 2 aliphatic rings. The summed E-state index contributed by atoms with van der Waals surface area (Å²) in [5, 5.41) is 4.75. The van der Waals surface area contributed by atoms with E-state index in [2.05, 4.69) is 32.6 Å². The number of hydrogen-bond donors (Lipinski definition) is 0. The largest absolute Gasteiger partial charge is 0.302 e. The van der Waals surface area contributed by atoms with Crippen LogP contribution in [-0.4, -0.2) is 28.3 Å². The Morgan fingerprint density at radius 2 is 2.20 bits per heavy atom. The molecule has 0 aromatic carbocycles. The first kappa shape index (κ1) is 9.85. The molecule has 2 heterocycles. The van der Waals surface area contributed by atoms with Gasteiger partial charge in [-0.2, -0.15) is 5.10 Å². The Balaban J connectivity index is 1.97. The molecule has 0 unspecified atom stereocenters. The van der Waals surface area contributed by atoms with Crippen molar-refractivity contribution >= 4 is 15.9 Å². The number of fused-ring (bicyclic) bond motifs is 1. The lowest BCUT2D eigenvalue weighted by Crippen LogP contribution is -2.26. The Bertz CT molecular complexity index is 381. The molecule has 1 saturated carbocycles. The SMILES string of the molecule is CN1CCc2nn(C3CCC3)c(Br)c2C1. The fourth-order valence-corrected chi connectivity index (χ4v) is 3.09. The van der Waals surface area contributed by atoms with E-state index in [9.17, 15) is 0 Å². The number of nitrogens with zero attached hydrogens (tertiary/aromatic N) is 3. The lowest BCUT2D eigenvalue weighted by Gasteiger charge is -2.26. The molecule has 1 aliphatic heterocycles. The van der Waals surface area contributed by atoms with Crippen molar-refractivity contribution < 1.29 is 0 Å². The van der Waals surface area contributed by atoms with E-state index in [4.69, 9.17) is 5.10 Å². The Kier molecular flexibility index (Phi) is 2.36. The first-order valence-corrected chi connectivity index (χ1v) is 6.49. The van der Waals surface area contributed by atoms with E-state index in [0.29, 0.717) is 6.04 Å². The third-order valence-electron chi connectivity index (χ3n) is 3.61. The first-order chi connectivity index (χ1) is 7.25. The van der Waals surface area contributed by atoms with Crippen molar-refractivity contribution in [1.82, 2.24) is 14.7 Å². The average molecular weight is 270 g/mol. The van der Waals surface area contributed by atoms with Crippen molar-refractivity contribution in [3.63, 3.8) is 0 Å². The maximum atomic E-state index is 4.75. The third kappa shape index (κ3) is 1.54. The van der Waals surface area contributed by atoms with E-state index >= 15 is 0 Å². The summed E-state index contributed by atoms with van der Waals surface area (Å²) in [5.74, 6) is 0. The number of rotatable bonds is 1. The molecule has 1 aromatic heterocycles. The summed E-state index contributed by atoms with van der Waals surface area (Å²) in [6, 6.07) is 0.662. The summed E-state index contributed by atoms with van der Waals surface area (Å²) in [5.41, 5.74) is 2.72. The predicted molar refractivity (Wildman–Crippen MR) is 62.9 cm³/mol. The molecule has 3 nitrogen and oxygen atoms in total. The lowest BCUT2D eigenvalue weighted by molar-refractivity contribution is 0.283. The molecule has 15 heavy (non-hydrogen) atoms. The van der Waals surface area contributed by atoms with Gasteiger partial charge in [-0.1, -0.05) is 0 Å². The van der Waals surface area contributed by atoms with Crippen LogP contribution in [0.15, 0.2) is 4.60 Å². The van der Waals surface area contributed by atoms with Gasteiger partial charge in [-0.3, -0.25) is 4.68 Å². The second-order valence-electron chi connectivity index (χ2n) is 4.73. The van der Waals surface area contributed by atoms with Crippen LogP contribution in [0.2, 0.25) is 0 Å². The fourth-order valence-electron chi connectivity index (χ4n) is 2.37. The number of halogens is 1. The lowest BCUT2D eigenvalue weighted by atomic mass is 9.93. The topological polar surface area (TPSA) is 21.1 Å². The van der Waals surface area contributed by atoms with Crippen LogP contribution >= 0.6 is 15.9 Å². The van der Waals surface area contributed by atoms with Crippen molar-refractivity contribution in [3.8, 4) is 0 Å². The Hall–Kier alpha value is -0.350. The van der Waals surface area contributed by atoms with Gasteiger partial charge in [0.1, 0.15) is 4.60 Å². The molecule has 0 radical (unpaired) electrons. The maximum absolute atomic E-state index is 4.75. The molecule has 1 aliphatic carbocycles. The number of likely N-dealkylation sites (N-methyl/N-ethyl adjacent to an activating group) is 1. The van der Waals surface area contributed by atoms with Crippen molar-refractivity contribution in [2.75, 3.05) is 13.6 Å². The molecule has 82 valence electrons. The molecule has 4 heteroatoms. The van der Waals surface area contributed by atoms with Crippen LogP contribution in [-0.2, 0) is 13.0 Å². The summed E-state index contributed by atoms with van der Waals surface area (Å²) in [6.45, 7) is 2.18. The van der Waals surface area contributed by atoms with Gasteiger partial charge in [-0.05, 0) is 42.2 Å². The molecule has 0 saturated heterocycles. The molecule has 0 N–H and O–H groups in total. The smallest absolute Gasteiger partial charge is 0.109 e. The molecule has 1 fully saturated rings. The van der Waals surface area contributed by atoms with Crippen LogP contribution in [0.4, 0.5) is 0 Å². The number of aromatic nitrogens is 2. The van der Waals surface area contributed by atoms with Crippen LogP contribution in [0, 0.1) is 0 Å². The van der Waals surface area contributed by atoms with Crippen molar-refractivity contribution in [2.45, 2.75) is 38.3 Å². The molecular weight excluding hydrogens is 254 g/mol. The third-order valence-corrected chi connectivity index (χ3v) is 4.45. The van der Waals surface area contributed by atoms with Gasteiger partial charge >= 0.3 is 0 Å². The van der Waals surface area contributed by atoms with Gasteiger partial charge in [0.05, 0.1) is 11.7 Å². The summed E-state index contributed by atoms with van der Waals surface area (Å²) in [4.78, 5) is 2.36. The molecule has 0 amide bonds. The summed E-state index contributed by atoms with van der Waals surface area (Å²) < 4.78 is 3.45. The monoisotopic (exact) mass is 269 g/mol. The average Bonchev–Trinajstić information content (AvgIpc) is 2.43. The van der Waals surface area contributed by atoms with Gasteiger partial charge < -0.3 is 4.90 Å². The summed E-state index contributed by atoms with van der Waals surface area (Å²) in [7, 11) is 2.18. The molecule has 0 bridgehead atoms. The first-order valence-electron chi connectivity index (χ1n) is 5.70. The van der Waals surface area contributed by atoms with Gasteiger partial charge in [0.25, 0.3) is 0 Å². The zero-order valence-electron chi connectivity index (χ0n) is 9.04. The van der Waals surface area contributed by atoms with E-state index < -0.39 is 0 Å². The van der Waals surface area contributed by atoms with Crippen molar-refractivity contribution in [1.29, 1.82) is 0 Å². The molecule has 1 aromatic rings. The van der Waals surface area contributed by atoms with Gasteiger partial charge in [-0.15, -0.1) is 0 Å². The molecule has 0 spiro atoms. The van der Waals surface area contributed by atoms with Gasteiger partial charge in [0.15, 0.2) is 0 Å². The minimum absolute atomic E-state index is 0.662. The van der Waals surface area contributed by atoms with E-state index in [1.807, 2.05) is 0 Å². The van der Waals surface area contributed by atoms with Crippen molar-refractivity contribution in [3.05, 3.63) is 15.9 Å². The second kappa shape index (κ2) is 3.59. The standard InChI is InChI=1S/C11H16BrN3/c1-14-6-5-10-9(7-14)11(12)15(13-10)8-3-2-4-8/h8H,2-7H2,1H3. The predicted octanol–water partition coefficient (Wildman–Crippen LogP) is 2.36. The highest BCUT2D eigenvalue weighted by atomic mass is 79.9. The fraction of sp³-hybridized carbons (Fsp3) is 0.727. The quantitative estimate of drug-likeness (QED) is 0.781. The van der Waals surface area contributed by atoms with Crippen LogP contribution in [0.1, 0.15) is 36.6 Å². The molecular formula is C11H16BrN3. The highest BCUT2D eigenvalue weighted by Crippen LogP contribution is 2.36. The second-order valence-corrected chi connectivity index (χ2v) is 5.48.